The molecule has 41 heavy (non-hydrogen) atoms. The Morgan fingerprint density at radius 2 is 1.73 bits per heavy atom. The van der Waals surface area contributed by atoms with Gasteiger partial charge in [-0.1, -0.05) is 6.07 Å². The van der Waals surface area contributed by atoms with Crippen molar-refractivity contribution in [3.8, 4) is 0 Å². The van der Waals surface area contributed by atoms with Crippen LogP contribution in [0.5, 0.6) is 0 Å². The number of aromatic nitrogens is 3. The highest BCUT2D eigenvalue weighted by atomic mass is 32.1. The van der Waals surface area contributed by atoms with Crippen molar-refractivity contribution in [1.29, 1.82) is 0 Å². The van der Waals surface area contributed by atoms with Crippen LogP contribution in [-0.4, -0.2) is 51.2 Å². The Hall–Kier alpha value is -3.76. The molecule has 1 aromatic carbocycles. The number of carbonyl (C=O) groups is 2. The zero-order chi connectivity index (χ0) is 29.6. The largest absolute Gasteiger partial charge is 0.313 e. The van der Waals surface area contributed by atoms with Crippen LogP contribution >= 0.6 is 11.3 Å². The number of amides is 2. The molecule has 0 radical (unpaired) electrons. The molecule has 0 spiro atoms. The predicted octanol–water partition coefficient (Wildman–Crippen LogP) is 4.47. The lowest BCUT2D eigenvalue weighted by Crippen LogP contribution is -2.47. The maximum atomic E-state index is 13.3. The minimum Gasteiger partial charge on any atom is -0.313 e. The summed E-state index contributed by atoms with van der Waals surface area (Å²) in [5.74, 6) is -0.419. The standard InChI is InChI=1S/C31H38N6O3S/c1-8-37-25-10-9-22(16-26(25)33(6)29(39)31(4,5)30(37)40)18-35(19-23-15-21(3)32-34(23)7)12-13-36-17-20(2)24-11-14-41-27(24)28(36)38/h9-11,14-17H,8,12-13,18-19H2,1-7H3. The number of hydrogen-bond acceptors (Lipinski definition) is 6. The maximum absolute atomic E-state index is 13.3. The fourth-order valence-electron chi connectivity index (χ4n) is 5.75. The van der Waals surface area contributed by atoms with E-state index in [1.54, 1.807) is 30.7 Å². The van der Waals surface area contributed by atoms with E-state index in [2.05, 4.69) is 16.1 Å². The summed E-state index contributed by atoms with van der Waals surface area (Å²) in [6, 6.07) is 10.1. The van der Waals surface area contributed by atoms with Crippen LogP contribution in [0.25, 0.3) is 10.1 Å². The maximum Gasteiger partial charge on any atom is 0.268 e. The van der Waals surface area contributed by atoms with Gasteiger partial charge in [0.2, 0.25) is 11.8 Å². The number of thiophene rings is 1. The van der Waals surface area contributed by atoms with Crippen molar-refractivity contribution in [2.45, 2.75) is 54.3 Å². The molecule has 4 heterocycles. The minimum atomic E-state index is -1.15. The third-order valence-electron chi connectivity index (χ3n) is 8.07. The first-order valence-corrected chi connectivity index (χ1v) is 14.8. The molecule has 0 atom stereocenters. The van der Waals surface area contributed by atoms with Crippen LogP contribution in [0.4, 0.5) is 11.4 Å². The zero-order valence-electron chi connectivity index (χ0n) is 24.9. The zero-order valence-corrected chi connectivity index (χ0v) is 25.7. The lowest BCUT2D eigenvalue weighted by atomic mass is 9.90. The molecule has 4 aromatic rings. The lowest BCUT2D eigenvalue weighted by molar-refractivity contribution is -0.137. The Balaban J connectivity index is 1.47. The van der Waals surface area contributed by atoms with Gasteiger partial charge in [-0.25, -0.2) is 0 Å². The van der Waals surface area contributed by atoms with Gasteiger partial charge in [-0.2, -0.15) is 5.10 Å². The molecule has 1 aliphatic heterocycles. The van der Waals surface area contributed by atoms with E-state index in [9.17, 15) is 14.4 Å². The van der Waals surface area contributed by atoms with Crippen molar-refractivity contribution in [3.63, 3.8) is 0 Å². The van der Waals surface area contributed by atoms with E-state index >= 15 is 0 Å². The van der Waals surface area contributed by atoms with Crippen molar-refractivity contribution >= 4 is 44.6 Å². The average Bonchev–Trinajstić information content (AvgIpc) is 3.55. The lowest BCUT2D eigenvalue weighted by Gasteiger charge is -2.27. The van der Waals surface area contributed by atoms with Gasteiger partial charge in [0.25, 0.3) is 5.56 Å². The second-order valence-corrected chi connectivity index (χ2v) is 12.4. The Bertz CT molecular complexity index is 1700. The molecule has 9 nitrogen and oxygen atoms in total. The van der Waals surface area contributed by atoms with E-state index in [0.29, 0.717) is 32.7 Å². The molecule has 0 fully saturated rings. The number of rotatable bonds is 8. The Labute approximate surface area is 244 Å². The molecule has 0 saturated heterocycles. The molecule has 10 heteroatoms. The van der Waals surface area contributed by atoms with E-state index in [4.69, 9.17) is 0 Å². The normalized spacial score (nSPS) is 15.2. The van der Waals surface area contributed by atoms with Crippen molar-refractivity contribution in [2.24, 2.45) is 12.5 Å². The first-order chi connectivity index (χ1) is 19.4. The van der Waals surface area contributed by atoms with E-state index in [1.165, 1.54) is 11.3 Å². The summed E-state index contributed by atoms with van der Waals surface area (Å²) in [4.78, 5) is 45.4. The van der Waals surface area contributed by atoms with Gasteiger partial charge < -0.3 is 14.4 Å². The van der Waals surface area contributed by atoms with E-state index in [0.717, 1.165) is 44.0 Å². The number of hydrogen-bond donors (Lipinski definition) is 0. The topological polar surface area (TPSA) is 83.7 Å². The fraction of sp³-hybridized carbons (Fsp3) is 0.419. The third kappa shape index (κ3) is 5.22. The summed E-state index contributed by atoms with van der Waals surface area (Å²) < 4.78 is 4.49. The van der Waals surface area contributed by atoms with Crippen molar-refractivity contribution in [2.75, 3.05) is 29.9 Å². The molecule has 0 bridgehead atoms. The summed E-state index contributed by atoms with van der Waals surface area (Å²) in [6.45, 7) is 12.2. The molecule has 0 N–H and O–H groups in total. The van der Waals surface area contributed by atoms with Crippen LogP contribution in [0.3, 0.4) is 0 Å². The minimum absolute atomic E-state index is 0.0361. The van der Waals surface area contributed by atoms with Crippen molar-refractivity contribution in [1.82, 2.24) is 19.2 Å². The molecule has 216 valence electrons. The molecular weight excluding hydrogens is 536 g/mol. The summed E-state index contributed by atoms with van der Waals surface area (Å²) in [6.07, 6.45) is 1.95. The van der Waals surface area contributed by atoms with Crippen LogP contribution in [0.1, 0.15) is 43.3 Å². The molecular formula is C31H38N6O3S. The van der Waals surface area contributed by atoms with Crippen LogP contribution in [0.2, 0.25) is 0 Å². The van der Waals surface area contributed by atoms with Crippen LogP contribution < -0.4 is 15.4 Å². The quantitative estimate of drug-likeness (QED) is 0.290. The molecule has 1 aliphatic rings. The summed E-state index contributed by atoms with van der Waals surface area (Å²) in [5, 5.41) is 7.51. The van der Waals surface area contributed by atoms with Gasteiger partial charge in [0.05, 0.1) is 27.5 Å². The Kier molecular flexibility index (Phi) is 7.65. The first-order valence-electron chi connectivity index (χ1n) is 13.9. The Morgan fingerprint density at radius 1 is 0.976 bits per heavy atom. The summed E-state index contributed by atoms with van der Waals surface area (Å²) in [5.41, 5.74) is 4.48. The number of anilines is 2. The highest BCUT2D eigenvalue weighted by molar-refractivity contribution is 7.17. The van der Waals surface area contributed by atoms with E-state index < -0.39 is 5.41 Å². The highest BCUT2D eigenvalue weighted by Crippen LogP contribution is 2.39. The summed E-state index contributed by atoms with van der Waals surface area (Å²) in [7, 11) is 3.69. The number of fused-ring (bicyclic) bond motifs is 2. The van der Waals surface area contributed by atoms with Gasteiger partial charge >= 0.3 is 0 Å². The van der Waals surface area contributed by atoms with Gasteiger partial charge in [-0.3, -0.25) is 24.0 Å². The number of benzene rings is 1. The number of pyridine rings is 1. The van der Waals surface area contributed by atoms with Crippen molar-refractivity contribution < 1.29 is 9.59 Å². The van der Waals surface area contributed by atoms with Crippen LogP contribution in [0, 0.1) is 19.3 Å². The second kappa shape index (κ2) is 10.9. The molecule has 5 rings (SSSR count). The van der Waals surface area contributed by atoms with Crippen LogP contribution in [-0.2, 0) is 36.3 Å². The molecule has 0 unspecified atom stereocenters. The second-order valence-electron chi connectivity index (χ2n) is 11.4. The van der Waals surface area contributed by atoms with Gasteiger partial charge in [0, 0.05) is 58.4 Å². The SMILES string of the molecule is CCN1C(=O)C(C)(C)C(=O)N(C)c2cc(CN(CCn3cc(C)c4ccsc4c3=O)Cc3cc(C)nn3C)ccc21. The third-order valence-corrected chi connectivity index (χ3v) is 8.97. The molecule has 0 aliphatic carbocycles. The molecule has 0 saturated carbocycles. The molecule has 3 aromatic heterocycles. The van der Waals surface area contributed by atoms with Crippen molar-refractivity contribution in [3.05, 3.63) is 74.8 Å². The first kappa shape index (κ1) is 28.8. The van der Waals surface area contributed by atoms with Gasteiger partial charge in [0.15, 0.2) is 0 Å². The van der Waals surface area contributed by atoms with Crippen LogP contribution in [0.15, 0.2) is 46.7 Å². The van der Waals surface area contributed by atoms with Gasteiger partial charge in [-0.05, 0) is 75.4 Å². The average molecular weight is 575 g/mol. The highest BCUT2D eigenvalue weighted by Gasteiger charge is 2.45. The van der Waals surface area contributed by atoms with Gasteiger partial charge in [-0.15, -0.1) is 11.3 Å². The van der Waals surface area contributed by atoms with Gasteiger partial charge in [0.1, 0.15) is 5.41 Å². The number of carbonyl (C=O) groups excluding carboxylic acids is 2. The summed E-state index contributed by atoms with van der Waals surface area (Å²) >= 11 is 1.48. The fourth-order valence-corrected chi connectivity index (χ4v) is 6.67. The predicted molar refractivity (Wildman–Crippen MR) is 165 cm³/mol. The number of aryl methyl sites for hydroxylation is 3. The molecule has 2 amide bonds. The van der Waals surface area contributed by atoms with E-state index in [-0.39, 0.29) is 17.4 Å². The number of nitrogens with zero attached hydrogens (tertiary/aromatic N) is 6. The van der Waals surface area contributed by atoms with E-state index in [1.807, 2.05) is 72.9 Å². The smallest absolute Gasteiger partial charge is 0.268 e. The monoisotopic (exact) mass is 574 g/mol. The Morgan fingerprint density at radius 3 is 2.41 bits per heavy atom.